The Morgan fingerprint density at radius 2 is 1.96 bits per heavy atom. The van der Waals surface area contributed by atoms with Crippen molar-refractivity contribution in [2.24, 2.45) is 5.10 Å². The van der Waals surface area contributed by atoms with Crippen LogP contribution in [0.4, 0.5) is 4.39 Å². The molecule has 2 N–H and O–H groups in total. The second-order valence-corrected chi connectivity index (χ2v) is 5.08. The Bertz CT molecular complexity index is 748. The van der Waals surface area contributed by atoms with Crippen LogP contribution in [0, 0.1) is 5.82 Å². The Balaban J connectivity index is 1.95. The molecule has 0 aromatic heterocycles. The fraction of sp³-hybridized carbons (Fsp3) is 0.118. The number of rotatable bonds is 5. The molecule has 5 nitrogen and oxygen atoms in total. The van der Waals surface area contributed by atoms with E-state index in [-0.39, 0.29) is 5.56 Å². The van der Waals surface area contributed by atoms with Crippen molar-refractivity contribution in [2.45, 2.75) is 6.92 Å². The molecule has 0 radical (unpaired) electrons. The quantitative estimate of drug-likeness (QED) is 0.287. The maximum atomic E-state index is 13.5. The van der Waals surface area contributed by atoms with Crippen LogP contribution in [0.5, 0.6) is 5.75 Å². The van der Waals surface area contributed by atoms with Crippen molar-refractivity contribution in [3.05, 3.63) is 65.5 Å². The van der Waals surface area contributed by atoms with Gasteiger partial charge in [-0.25, -0.2) is 9.18 Å². The molecule has 124 valence electrons. The Labute approximate surface area is 144 Å². The number of nitrogens with one attached hydrogen (secondary N) is 2. The third-order valence-corrected chi connectivity index (χ3v) is 3.14. The number of ether oxygens (including phenoxy) is 1. The van der Waals surface area contributed by atoms with Gasteiger partial charge in [-0.2, -0.15) is 5.10 Å². The summed E-state index contributed by atoms with van der Waals surface area (Å²) < 4.78 is 18.7. The van der Waals surface area contributed by atoms with E-state index in [2.05, 4.69) is 15.8 Å². The minimum absolute atomic E-state index is 0.107. The topological polar surface area (TPSA) is 62.7 Å². The second kappa shape index (κ2) is 8.73. The molecule has 0 atom stereocenters. The third kappa shape index (κ3) is 5.13. The molecular formula is C17H16FN3O2S. The highest BCUT2D eigenvalue weighted by Gasteiger charge is 2.12. The normalized spacial score (nSPS) is 10.4. The summed E-state index contributed by atoms with van der Waals surface area (Å²) in [6.45, 7) is 2.64. The summed E-state index contributed by atoms with van der Waals surface area (Å²) in [4.78, 5) is 11.9. The molecule has 0 amide bonds. The zero-order chi connectivity index (χ0) is 17.4. The molecule has 0 saturated heterocycles. The fourth-order valence-electron chi connectivity index (χ4n) is 1.78. The van der Waals surface area contributed by atoms with E-state index in [1.54, 1.807) is 36.5 Å². The molecule has 0 aliphatic carbocycles. The summed E-state index contributed by atoms with van der Waals surface area (Å²) in [6.07, 6.45) is 1.58. The number of carbonyl (C=O) groups is 1. The maximum Gasteiger partial charge on any atom is 0.346 e. The number of hydrogen-bond acceptors (Lipinski definition) is 4. The van der Waals surface area contributed by atoms with Gasteiger partial charge in [0.25, 0.3) is 0 Å². The molecule has 0 aliphatic rings. The molecule has 0 spiro atoms. The van der Waals surface area contributed by atoms with Crippen molar-refractivity contribution in [1.82, 2.24) is 10.7 Å². The Morgan fingerprint density at radius 1 is 1.25 bits per heavy atom. The summed E-state index contributed by atoms with van der Waals surface area (Å²) in [5.74, 6) is -1.04. The first kappa shape index (κ1) is 17.6. The van der Waals surface area contributed by atoms with Crippen LogP contribution in [-0.4, -0.2) is 23.8 Å². The summed E-state index contributed by atoms with van der Waals surface area (Å²) in [7, 11) is 0. The van der Waals surface area contributed by atoms with Gasteiger partial charge in [-0.1, -0.05) is 12.1 Å². The molecule has 2 rings (SSSR count). The highest BCUT2D eigenvalue weighted by atomic mass is 32.1. The molecule has 0 saturated carbocycles. The van der Waals surface area contributed by atoms with Crippen molar-refractivity contribution in [3.63, 3.8) is 0 Å². The van der Waals surface area contributed by atoms with E-state index in [1.165, 1.54) is 18.2 Å². The number of nitrogens with zero attached hydrogens (tertiary/aromatic N) is 1. The van der Waals surface area contributed by atoms with Crippen molar-refractivity contribution in [2.75, 3.05) is 6.54 Å². The third-order valence-electron chi connectivity index (χ3n) is 2.90. The number of thiocarbonyl (C=S) groups is 1. The molecule has 0 fully saturated rings. The smallest absolute Gasteiger partial charge is 0.346 e. The van der Waals surface area contributed by atoms with Gasteiger partial charge < -0.3 is 10.1 Å². The van der Waals surface area contributed by atoms with Crippen molar-refractivity contribution >= 4 is 29.5 Å². The monoisotopic (exact) mass is 345 g/mol. The minimum Gasteiger partial charge on any atom is -0.423 e. The van der Waals surface area contributed by atoms with E-state index < -0.39 is 11.8 Å². The van der Waals surface area contributed by atoms with Crippen molar-refractivity contribution < 1.29 is 13.9 Å². The molecule has 7 heteroatoms. The molecule has 24 heavy (non-hydrogen) atoms. The largest absolute Gasteiger partial charge is 0.423 e. The standard InChI is InChI=1S/C17H16FN3O2S/c1-2-19-17(24)21-20-11-12-7-9-13(10-8-12)23-16(22)14-5-3-4-6-15(14)18/h3-11H,2H2,1H3,(H2,19,21,24)/b20-11+. The number of hydrogen-bond donors (Lipinski definition) is 2. The van der Waals surface area contributed by atoms with Crippen LogP contribution in [0.25, 0.3) is 0 Å². The van der Waals surface area contributed by atoms with Crippen LogP contribution in [0.3, 0.4) is 0 Å². The van der Waals surface area contributed by atoms with Gasteiger partial charge in [0.15, 0.2) is 5.11 Å². The molecule has 0 bridgehead atoms. The summed E-state index contributed by atoms with van der Waals surface area (Å²) in [6, 6.07) is 12.3. The van der Waals surface area contributed by atoms with Crippen molar-refractivity contribution in [1.29, 1.82) is 0 Å². The molecule has 2 aromatic rings. The van der Waals surface area contributed by atoms with Gasteiger partial charge in [0, 0.05) is 6.54 Å². The number of carbonyl (C=O) groups excluding carboxylic acids is 1. The van der Waals surface area contributed by atoms with Crippen LogP contribution in [0.2, 0.25) is 0 Å². The molecule has 0 unspecified atom stereocenters. The number of benzene rings is 2. The van der Waals surface area contributed by atoms with E-state index in [1.807, 2.05) is 6.92 Å². The zero-order valence-corrected chi connectivity index (χ0v) is 13.8. The lowest BCUT2D eigenvalue weighted by Gasteiger charge is -2.05. The minimum atomic E-state index is -0.743. The Hall–Kier alpha value is -2.80. The maximum absolute atomic E-state index is 13.5. The van der Waals surface area contributed by atoms with Gasteiger partial charge in [0.05, 0.1) is 11.8 Å². The number of halogens is 1. The van der Waals surface area contributed by atoms with Gasteiger partial charge >= 0.3 is 5.97 Å². The average Bonchev–Trinajstić information content (AvgIpc) is 2.57. The van der Waals surface area contributed by atoms with E-state index in [4.69, 9.17) is 17.0 Å². The van der Waals surface area contributed by atoms with Gasteiger partial charge in [-0.3, -0.25) is 5.43 Å². The predicted molar refractivity (Wildman–Crippen MR) is 94.8 cm³/mol. The summed E-state index contributed by atoms with van der Waals surface area (Å²) >= 11 is 4.97. The fourth-order valence-corrected chi connectivity index (χ4v) is 1.97. The number of hydrazone groups is 1. The zero-order valence-electron chi connectivity index (χ0n) is 13.0. The highest BCUT2D eigenvalue weighted by Crippen LogP contribution is 2.15. The highest BCUT2D eigenvalue weighted by molar-refractivity contribution is 7.80. The first-order valence-corrected chi connectivity index (χ1v) is 7.64. The molecule has 2 aromatic carbocycles. The Kier molecular flexibility index (Phi) is 6.39. The van der Waals surface area contributed by atoms with Gasteiger partial charge in [0.2, 0.25) is 0 Å². The van der Waals surface area contributed by atoms with Crippen molar-refractivity contribution in [3.8, 4) is 5.75 Å². The van der Waals surface area contributed by atoms with E-state index in [0.29, 0.717) is 17.4 Å². The lowest BCUT2D eigenvalue weighted by molar-refractivity contribution is 0.0730. The Morgan fingerprint density at radius 3 is 2.62 bits per heavy atom. The number of esters is 1. The average molecular weight is 345 g/mol. The lowest BCUT2D eigenvalue weighted by Crippen LogP contribution is -2.31. The molecule has 0 heterocycles. The predicted octanol–water partition coefficient (Wildman–Crippen LogP) is 2.86. The van der Waals surface area contributed by atoms with Crippen LogP contribution in [-0.2, 0) is 0 Å². The van der Waals surface area contributed by atoms with Gasteiger partial charge in [-0.05, 0) is 61.1 Å². The summed E-state index contributed by atoms with van der Waals surface area (Å²) in [5, 5.41) is 7.31. The molecular weight excluding hydrogens is 329 g/mol. The molecule has 0 aliphatic heterocycles. The SMILES string of the molecule is CCNC(=S)N/N=C/c1ccc(OC(=O)c2ccccc2F)cc1. The first-order valence-electron chi connectivity index (χ1n) is 7.24. The van der Waals surface area contributed by atoms with Crippen LogP contribution < -0.4 is 15.5 Å². The summed E-state index contributed by atoms with van der Waals surface area (Å²) in [5.41, 5.74) is 3.35. The van der Waals surface area contributed by atoms with Crippen LogP contribution >= 0.6 is 12.2 Å². The van der Waals surface area contributed by atoms with Gasteiger partial charge in [0.1, 0.15) is 11.6 Å². The first-order chi connectivity index (χ1) is 11.6. The van der Waals surface area contributed by atoms with Crippen LogP contribution in [0.1, 0.15) is 22.8 Å². The van der Waals surface area contributed by atoms with Gasteiger partial charge in [-0.15, -0.1) is 0 Å². The van der Waals surface area contributed by atoms with E-state index >= 15 is 0 Å². The second-order valence-electron chi connectivity index (χ2n) is 4.67. The van der Waals surface area contributed by atoms with Crippen LogP contribution in [0.15, 0.2) is 53.6 Å². The van der Waals surface area contributed by atoms with E-state index in [0.717, 1.165) is 5.56 Å². The lowest BCUT2D eigenvalue weighted by atomic mass is 10.2. The van der Waals surface area contributed by atoms with E-state index in [9.17, 15) is 9.18 Å².